The van der Waals surface area contributed by atoms with Gasteiger partial charge in [-0.3, -0.25) is 4.99 Å². The van der Waals surface area contributed by atoms with Gasteiger partial charge < -0.3 is 15.5 Å². The molecule has 0 amide bonds. The molecule has 0 spiro atoms. The first kappa shape index (κ1) is 25.1. The molecule has 0 heterocycles. The molecule has 8 heteroatoms. The predicted molar refractivity (Wildman–Crippen MR) is 112 cm³/mol. The number of aliphatic imine (C=N–C) groups is 1. The van der Waals surface area contributed by atoms with Gasteiger partial charge in [0.05, 0.1) is 5.75 Å². The second-order valence-corrected chi connectivity index (χ2v) is 8.92. The molecule has 1 atom stereocenters. The average Bonchev–Trinajstić information content (AvgIpc) is 2.62. The van der Waals surface area contributed by atoms with Crippen molar-refractivity contribution in [2.45, 2.75) is 59.9 Å². The number of nitrogens with zero attached hydrogens (tertiary/aromatic N) is 3. The SMILES string of the molecule is CCNC(=NCCCN(C)S(=O)(=O)CC)NC(C)CCCN(CC)CC. The fourth-order valence-electron chi connectivity index (χ4n) is 2.63. The Balaban J connectivity index is 4.30. The van der Waals surface area contributed by atoms with Crippen molar-refractivity contribution in [2.75, 3.05) is 52.1 Å². The lowest BCUT2D eigenvalue weighted by molar-refractivity contribution is 0.292. The molecule has 0 saturated heterocycles. The van der Waals surface area contributed by atoms with Gasteiger partial charge in [-0.25, -0.2) is 12.7 Å². The summed E-state index contributed by atoms with van der Waals surface area (Å²) in [5.74, 6) is 0.950. The Morgan fingerprint density at radius 1 is 1.08 bits per heavy atom. The van der Waals surface area contributed by atoms with E-state index in [4.69, 9.17) is 0 Å². The standard InChI is InChI=1S/C18H41N5O2S/c1-7-19-18(20-14-12-15-22(6)26(24,25)10-4)21-17(5)13-11-16-23(8-2)9-3/h17H,7-16H2,1-6H3,(H2,19,20,21). The summed E-state index contributed by atoms with van der Waals surface area (Å²) in [5, 5.41) is 6.71. The van der Waals surface area contributed by atoms with Gasteiger partial charge in [0.15, 0.2) is 5.96 Å². The first-order chi connectivity index (χ1) is 12.3. The van der Waals surface area contributed by atoms with Crippen LogP contribution >= 0.6 is 0 Å². The van der Waals surface area contributed by atoms with E-state index in [-0.39, 0.29) is 5.75 Å². The number of hydrogen-bond acceptors (Lipinski definition) is 4. The van der Waals surface area contributed by atoms with Gasteiger partial charge in [-0.1, -0.05) is 13.8 Å². The van der Waals surface area contributed by atoms with Crippen LogP contribution < -0.4 is 10.6 Å². The van der Waals surface area contributed by atoms with E-state index in [0.717, 1.165) is 45.0 Å². The Labute approximate surface area is 161 Å². The molecule has 0 saturated carbocycles. The summed E-state index contributed by atoms with van der Waals surface area (Å²) in [6, 6.07) is 0.353. The van der Waals surface area contributed by atoms with Crippen molar-refractivity contribution in [3.8, 4) is 0 Å². The average molecular weight is 392 g/mol. The molecule has 7 nitrogen and oxygen atoms in total. The van der Waals surface area contributed by atoms with E-state index in [1.54, 1.807) is 14.0 Å². The minimum absolute atomic E-state index is 0.141. The molecule has 26 heavy (non-hydrogen) atoms. The van der Waals surface area contributed by atoms with Crippen LogP contribution in [0.1, 0.15) is 53.9 Å². The zero-order valence-corrected chi connectivity index (χ0v) is 18.5. The van der Waals surface area contributed by atoms with Crippen molar-refractivity contribution in [2.24, 2.45) is 4.99 Å². The largest absolute Gasteiger partial charge is 0.357 e. The normalized spacial score (nSPS) is 14.1. The third kappa shape index (κ3) is 11.0. The Kier molecular flexibility index (Phi) is 13.8. The molecule has 0 aromatic carbocycles. The molecule has 0 aliphatic rings. The summed E-state index contributed by atoms with van der Waals surface area (Å²) in [6.45, 7) is 15.5. The van der Waals surface area contributed by atoms with Gasteiger partial charge in [-0.2, -0.15) is 0 Å². The van der Waals surface area contributed by atoms with Crippen molar-refractivity contribution < 1.29 is 8.42 Å². The van der Waals surface area contributed by atoms with Gasteiger partial charge in [0.2, 0.25) is 10.0 Å². The quantitative estimate of drug-likeness (QED) is 0.268. The molecule has 0 rings (SSSR count). The van der Waals surface area contributed by atoms with Crippen molar-refractivity contribution in [3.05, 3.63) is 0 Å². The number of hydrogen-bond donors (Lipinski definition) is 2. The molecule has 2 N–H and O–H groups in total. The lowest BCUT2D eigenvalue weighted by atomic mass is 10.2. The maximum absolute atomic E-state index is 11.7. The van der Waals surface area contributed by atoms with Crippen LogP contribution in [-0.4, -0.2) is 81.7 Å². The van der Waals surface area contributed by atoms with E-state index >= 15 is 0 Å². The topological polar surface area (TPSA) is 77.0 Å². The van der Waals surface area contributed by atoms with Crippen LogP contribution in [0.3, 0.4) is 0 Å². The first-order valence-electron chi connectivity index (χ1n) is 10.0. The number of guanidine groups is 1. The van der Waals surface area contributed by atoms with Crippen LogP contribution in [0, 0.1) is 0 Å². The van der Waals surface area contributed by atoms with Crippen molar-refractivity contribution >= 4 is 16.0 Å². The van der Waals surface area contributed by atoms with Crippen molar-refractivity contribution in [1.29, 1.82) is 0 Å². The Hall–Kier alpha value is -0.860. The van der Waals surface area contributed by atoms with Gasteiger partial charge in [0.1, 0.15) is 0 Å². The second-order valence-electron chi connectivity index (χ2n) is 6.55. The highest BCUT2D eigenvalue weighted by atomic mass is 32.2. The number of nitrogens with one attached hydrogen (secondary N) is 2. The van der Waals surface area contributed by atoms with Crippen molar-refractivity contribution in [3.63, 3.8) is 0 Å². The minimum Gasteiger partial charge on any atom is -0.357 e. The predicted octanol–water partition coefficient (Wildman–Crippen LogP) is 1.72. The molecule has 0 radical (unpaired) electrons. The van der Waals surface area contributed by atoms with E-state index in [1.165, 1.54) is 4.31 Å². The lowest BCUT2D eigenvalue weighted by Gasteiger charge is -2.21. The van der Waals surface area contributed by atoms with Crippen LogP contribution in [0.25, 0.3) is 0 Å². The molecular formula is C18H41N5O2S. The highest BCUT2D eigenvalue weighted by Crippen LogP contribution is 2.01. The summed E-state index contributed by atoms with van der Waals surface area (Å²) in [4.78, 5) is 7.01. The molecule has 0 fully saturated rings. The fourth-order valence-corrected chi connectivity index (χ4v) is 3.48. The molecule has 1 unspecified atom stereocenters. The lowest BCUT2D eigenvalue weighted by Crippen LogP contribution is -2.42. The third-order valence-electron chi connectivity index (χ3n) is 4.47. The van der Waals surface area contributed by atoms with Crippen LogP contribution in [0.4, 0.5) is 0 Å². The van der Waals surface area contributed by atoms with E-state index in [0.29, 0.717) is 25.6 Å². The van der Waals surface area contributed by atoms with E-state index in [1.807, 2.05) is 6.92 Å². The molecule has 0 aromatic rings. The van der Waals surface area contributed by atoms with Gasteiger partial charge in [0.25, 0.3) is 0 Å². The zero-order valence-electron chi connectivity index (χ0n) is 17.7. The van der Waals surface area contributed by atoms with E-state index in [2.05, 4.69) is 41.3 Å². The molecule has 0 aromatic heterocycles. The summed E-state index contributed by atoms with van der Waals surface area (Å²) in [5.41, 5.74) is 0. The first-order valence-corrected chi connectivity index (χ1v) is 11.6. The smallest absolute Gasteiger partial charge is 0.213 e. The highest BCUT2D eigenvalue weighted by molar-refractivity contribution is 7.89. The zero-order chi connectivity index (χ0) is 20.0. The fraction of sp³-hybridized carbons (Fsp3) is 0.944. The van der Waals surface area contributed by atoms with Gasteiger partial charge in [-0.15, -0.1) is 0 Å². The van der Waals surface area contributed by atoms with Crippen LogP contribution in [0.2, 0.25) is 0 Å². The third-order valence-corrected chi connectivity index (χ3v) is 6.34. The summed E-state index contributed by atoms with van der Waals surface area (Å²) < 4.78 is 24.9. The minimum atomic E-state index is -3.10. The second kappa shape index (κ2) is 14.2. The van der Waals surface area contributed by atoms with E-state index in [9.17, 15) is 8.42 Å². The summed E-state index contributed by atoms with van der Waals surface area (Å²) in [7, 11) is -1.47. The summed E-state index contributed by atoms with van der Waals surface area (Å²) in [6.07, 6.45) is 2.97. The monoisotopic (exact) mass is 391 g/mol. The number of sulfonamides is 1. The van der Waals surface area contributed by atoms with Gasteiger partial charge >= 0.3 is 0 Å². The van der Waals surface area contributed by atoms with Crippen LogP contribution in [0.15, 0.2) is 4.99 Å². The Morgan fingerprint density at radius 3 is 2.27 bits per heavy atom. The Morgan fingerprint density at radius 2 is 1.73 bits per heavy atom. The molecule has 0 aliphatic heterocycles. The van der Waals surface area contributed by atoms with Crippen molar-refractivity contribution in [1.82, 2.24) is 19.8 Å². The van der Waals surface area contributed by atoms with Gasteiger partial charge in [-0.05, 0) is 59.7 Å². The van der Waals surface area contributed by atoms with Crippen LogP contribution in [0.5, 0.6) is 0 Å². The molecule has 156 valence electrons. The van der Waals surface area contributed by atoms with E-state index < -0.39 is 10.0 Å². The molecule has 0 bridgehead atoms. The maximum atomic E-state index is 11.7. The summed E-state index contributed by atoms with van der Waals surface area (Å²) >= 11 is 0. The highest BCUT2D eigenvalue weighted by Gasteiger charge is 2.14. The van der Waals surface area contributed by atoms with Crippen LogP contribution in [-0.2, 0) is 10.0 Å². The molecular weight excluding hydrogens is 350 g/mol. The van der Waals surface area contributed by atoms with Gasteiger partial charge in [0, 0.05) is 32.7 Å². The number of rotatable bonds is 14. The Bertz CT molecular complexity index is 478. The maximum Gasteiger partial charge on any atom is 0.213 e. The molecule has 0 aliphatic carbocycles.